The van der Waals surface area contributed by atoms with E-state index >= 15 is 0 Å². The van der Waals surface area contributed by atoms with E-state index in [0.29, 0.717) is 19.8 Å². The second-order valence-electron chi connectivity index (χ2n) is 9.37. The summed E-state index contributed by atoms with van der Waals surface area (Å²) in [7, 11) is 0. The van der Waals surface area contributed by atoms with Gasteiger partial charge in [-0.15, -0.1) is 5.10 Å². The van der Waals surface area contributed by atoms with Crippen LogP contribution in [-0.4, -0.2) is 83.5 Å². The van der Waals surface area contributed by atoms with Gasteiger partial charge in [-0.2, -0.15) is 0 Å². The lowest BCUT2D eigenvalue weighted by atomic mass is 10.0. The van der Waals surface area contributed by atoms with E-state index in [-0.39, 0.29) is 11.9 Å². The molecule has 0 saturated carbocycles. The molecule has 2 aliphatic heterocycles. The molecule has 0 radical (unpaired) electrons. The Kier molecular flexibility index (Phi) is 6.94. The highest BCUT2D eigenvalue weighted by atomic mass is 19.1. The zero-order chi connectivity index (χ0) is 25.0. The fourth-order valence-corrected chi connectivity index (χ4v) is 5.01. The molecule has 0 bridgehead atoms. The number of ether oxygens (including phenoxy) is 1. The van der Waals surface area contributed by atoms with Crippen molar-refractivity contribution in [3.8, 4) is 11.4 Å². The molecule has 0 spiro atoms. The molecule has 0 amide bonds. The van der Waals surface area contributed by atoms with Gasteiger partial charge in [0, 0.05) is 45.8 Å². The second-order valence-corrected chi connectivity index (χ2v) is 9.37. The maximum absolute atomic E-state index is 14.0. The number of anilines is 2. The Morgan fingerprint density at radius 2 is 1.95 bits per heavy atom. The van der Waals surface area contributed by atoms with Crippen molar-refractivity contribution in [3.63, 3.8) is 0 Å². The van der Waals surface area contributed by atoms with Crippen molar-refractivity contribution < 1.29 is 9.13 Å². The normalized spacial score (nSPS) is 18.8. The highest BCUT2D eigenvalue weighted by Gasteiger charge is 2.27. The number of aromatic nitrogens is 4. The average Bonchev–Trinajstić information content (AvgIpc) is 3.37. The second kappa shape index (κ2) is 10.8. The van der Waals surface area contributed by atoms with Gasteiger partial charge in [0.25, 0.3) is 0 Å². The molecule has 5 heterocycles. The summed E-state index contributed by atoms with van der Waals surface area (Å²) in [5.41, 5.74) is 3.23. The van der Waals surface area contributed by atoms with Gasteiger partial charge < -0.3 is 20.3 Å². The molecule has 192 valence electrons. The zero-order valence-electron chi connectivity index (χ0n) is 20.7. The number of imidazole rings is 1. The number of fused-ring (bicyclic) bond motifs is 1. The maximum atomic E-state index is 14.0. The minimum atomic E-state index is -0.254. The van der Waals surface area contributed by atoms with Gasteiger partial charge in [0.15, 0.2) is 5.65 Å². The summed E-state index contributed by atoms with van der Waals surface area (Å²) < 4.78 is 21.5. The summed E-state index contributed by atoms with van der Waals surface area (Å²) >= 11 is 0. The maximum Gasteiger partial charge on any atom is 0.154 e. The van der Waals surface area contributed by atoms with Crippen molar-refractivity contribution in [3.05, 3.63) is 72.2 Å². The highest BCUT2D eigenvalue weighted by Crippen LogP contribution is 2.30. The van der Waals surface area contributed by atoms with Crippen molar-refractivity contribution in [1.29, 1.82) is 0 Å². The molecular formula is C27H31FN8O. The third-order valence-electron chi connectivity index (χ3n) is 6.96. The van der Waals surface area contributed by atoms with Gasteiger partial charge >= 0.3 is 0 Å². The quantitative estimate of drug-likeness (QED) is 0.399. The van der Waals surface area contributed by atoms with Crippen LogP contribution in [0.5, 0.6) is 0 Å². The van der Waals surface area contributed by atoms with Gasteiger partial charge in [0.1, 0.15) is 23.1 Å². The molecule has 10 heteroatoms. The lowest BCUT2D eigenvalue weighted by Gasteiger charge is -2.36. The Balaban J connectivity index is 1.24. The molecule has 6 rings (SSSR count). The molecule has 2 aliphatic rings. The standard InChI is InChI=1S/C27H31FN8O/c28-21-4-1-3-20(17-21)24-19-37-16-15-35(24)27-8-7-26-31-18-23(36(26)33-27)22-5-2-6-25(32-22)30-11-14-34-12-9-29-10-13-34/h1-8,17-18,24,29H,9-16,19H2,(H,30,32). The number of benzene rings is 1. The summed E-state index contributed by atoms with van der Waals surface area (Å²) in [6, 6.07) is 16.5. The molecule has 2 N–H and O–H groups in total. The van der Waals surface area contributed by atoms with Crippen LogP contribution in [0.15, 0.2) is 60.8 Å². The number of hydrogen-bond acceptors (Lipinski definition) is 8. The Morgan fingerprint density at radius 1 is 1.05 bits per heavy atom. The zero-order valence-corrected chi connectivity index (χ0v) is 20.7. The molecule has 9 nitrogen and oxygen atoms in total. The van der Waals surface area contributed by atoms with Crippen molar-refractivity contribution in [2.45, 2.75) is 6.04 Å². The van der Waals surface area contributed by atoms with Crippen molar-refractivity contribution in [2.24, 2.45) is 0 Å². The molecule has 1 unspecified atom stereocenters. The van der Waals surface area contributed by atoms with E-state index in [1.54, 1.807) is 12.1 Å². The third-order valence-corrected chi connectivity index (χ3v) is 6.96. The predicted octanol–water partition coefficient (Wildman–Crippen LogP) is 2.83. The van der Waals surface area contributed by atoms with Crippen LogP contribution in [0.4, 0.5) is 16.0 Å². The van der Waals surface area contributed by atoms with E-state index in [2.05, 4.69) is 25.4 Å². The fourth-order valence-electron chi connectivity index (χ4n) is 5.01. The summed E-state index contributed by atoms with van der Waals surface area (Å²) in [4.78, 5) is 14.0. The molecule has 3 aromatic heterocycles. The summed E-state index contributed by atoms with van der Waals surface area (Å²) in [6.45, 7) is 7.80. The smallest absolute Gasteiger partial charge is 0.154 e. The Hall–Kier alpha value is -3.60. The summed E-state index contributed by atoms with van der Waals surface area (Å²) in [6.07, 6.45) is 1.81. The van der Waals surface area contributed by atoms with Crippen molar-refractivity contribution in [1.82, 2.24) is 29.8 Å². The fraction of sp³-hybridized carbons (Fsp3) is 0.370. The van der Waals surface area contributed by atoms with E-state index in [9.17, 15) is 4.39 Å². The van der Waals surface area contributed by atoms with E-state index in [1.807, 2.05) is 47.1 Å². The Bertz CT molecular complexity index is 1360. The van der Waals surface area contributed by atoms with E-state index in [0.717, 1.165) is 73.5 Å². The predicted molar refractivity (Wildman–Crippen MR) is 141 cm³/mol. The third kappa shape index (κ3) is 5.27. The largest absolute Gasteiger partial charge is 0.377 e. The van der Waals surface area contributed by atoms with Crippen LogP contribution in [0.25, 0.3) is 17.0 Å². The lowest BCUT2D eigenvalue weighted by Crippen LogP contribution is -2.45. The van der Waals surface area contributed by atoms with Crippen molar-refractivity contribution in [2.75, 3.05) is 69.2 Å². The number of nitrogens with one attached hydrogen (secondary N) is 2. The van der Waals surface area contributed by atoms with Crippen LogP contribution in [0.3, 0.4) is 0 Å². The van der Waals surface area contributed by atoms with Gasteiger partial charge in [-0.25, -0.2) is 18.9 Å². The van der Waals surface area contributed by atoms with Gasteiger partial charge in [-0.1, -0.05) is 18.2 Å². The molecule has 2 saturated heterocycles. The van der Waals surface area contributed by atoms with Crippen LogP contribution in [-0.2, 0) is 4.74 Å². The van der Waals surface area contributed by atoms with Crippen LogP contribution in [0.1, 0.15) is 11.6 Å². The first-order valence-corrected chi connectivity index (χ1v) is 12.8. The molecule has 0 aliphatic carbocycles. The van der Waals surface area contributed by atoms with Crippen LogP contribution in [0.2, 0.25) is 0 Å². The van der Waals surface area contributed by atoms with E-state index in [1.165, 1.54) is 6.07 Å². The topological polar surface area (TPSA) is 82.9 Å². The first-order chi connectivity index (χ1) is 18.2. The summed E-state index contributed by atoms with van der Waals surface area (Å²) in [5.74, 6) is 1.36. The van der Waals surface area contributed by atoms with Gasteiger partial charge in [0.2, 0.25) is 0 Å². The number of rotatable bonds is 7. The SMILES string of the molecule is Fc1cccc(C2COCCN2c2ccc3ncc(-c4cccc(NCCN5CCNCC5)n4)n3n2)c1. The lowest BCUT2D eigenvalue weighted by molar-refractivity contribution is 0.0935. The molecule has 37 heavy (non-hydrogen) atoms. The van der Waals surface area contributed by atoms with Gasteiger partial charge in [-0.05, 0) is 42.0 Å². The monoisotopic (exact) mass is 502 g/mol. The molecule has 1 atom stereocenters. The number of pyridine rings is 1. The highest BCUT2D eigenvalue weighted by molar-refractivity contribution is 5.62. The Labute approximate surface area is 215 Å². The van der Waals surface area contributed by atoms with Crippen LogP contribution in [0, 0.1) is 5.82 Å². The van der Waals surface area contributed by atoms with Crippen LogP contribution < -0.4 is 15.5 Å². The van der Waals surface area contributed by atoms with E-state index in [4.69, 9.17) is 14.8 Å². The number of hydrogen-bond donors (Lipinski definition) is 2. The van der Waals surface area contributed by atoms with Crippen molar-refractivity contribution >= 4 is 17.3 Å². The molecule has 2 fully saturated rings. The minimum absolute atomic E-state index is 0.122. The van der Waals surface area contributed by atoms with Gasteiger partial charge in [-0.3, -0.25) is 4.90 Å². The number of piperazine rings is 1. The van der Waals surface area contributed by atoms with Gasteiger partial charge in [0.05, 0.1) is 31.1 Å². The molecular weight excluding hydrogens is 471 g/mol. The van der Waals surface area contributed by atoms with E-state index < -0.39 is 0 Å². The molecule has 4 aromatic rings. The molecule has 1 aromatic carbocycles. The first kappa shape index (κ1) is 23.8. The first-order valence-electron chi connectivity index (χ1n) is 12.8. The number of nitrogens with zero attached hydrogens (tertiary/aromatic N) is 6. The number of halogens is 1. The minimum Gasteiger partial charge on any atom is -0.377 e. The Morgan fingerprint density at radius 3 is 2.84 bits per heavy atom. The average molecular weight is 503 g/mol. The summed E-state index contributed by atoms with van der Waals surface area (Å²) in [5, 5.41) is 11.8. The van der Waals surface area contributed by atoms with Crippen LogP contribution >= 0.6 is 0 Å². The number of morpholine rings is 1.